The summed E-state index contributed by atoms with van der Waals surface area (Å²) in [5.74, 6) is -30.1. The van der Waals surface area contributed by atoms with Crippen LogP contribution in [0.4, 0.5) is 48.3 Å². The fourth-order valence-electron chi connectivity index (χ4n) is 1.04. The van der Waals surface area contributed by atoms with Gasteiger partial charge in [0, 0.05) is 6.08 Å². The number of allylic oxidation sites excluding steroid dienone is 1. The van der Waals surface area contributed by atoms with Crippen molar-refractivity contribution >= 4 is 5.97 Å². The predicted octanol–water partition coefficient (Wildman–Crippen LogP) is 4.21. The Morgan fingerprint density at radius 2 is 1.26 bits per heavy atom. The summed E-state index contributed by atoms with van der Waals surface area (Å²) in [7, 11) is 0. The third kappa shape index (κ3) is 3.68. The van der Waals surface area contributed by atoms with E-state index in [9.17, 15) is 53.1 Å². The van der Waals surface area contributed by atoms with E-state index in [-0.39, 0.29) is 0 Å². The number of halogens is 11. The zero-order chi connectivity index (χ0) is 18.9. The van der Waals surface area contributed by atoms with Crippen molar-refractivity contribution < 1.29 is 57.8 Å². The second-order valence-corrected chi connectivity index (χ2v) is 4.03. The molecule has 0 aliphatic carbocycles. The van der Waals surface area contributed by atoms with E-state index in [0.717, 1.165) is 13.0 Å². The minimum atomic E-state index is -7.51. The molecule has 2 nitrogen and oxygen atoms in total. The minimum Gasteiger partial charge on any atom is -0.456 e. The van der Waals surface area contributed by atoms with Crippen LogP contribution in [0.2, 0.25) is 0 Å². The van der Waals surface area contributed by atoms with Crippen LogP contribution >= 0.6 is 0 Å². The molecule has 0 spiro atoms. The van der Waals surface area contributed by atoms with Crippen LogP contribution in [0.5, 0.6) is 0 Å². The summed E-state index contributed by atoms with van der Waals surface area (Å²) >= 11 is 0. The summed E-state index contributed by atoms with van der Waals surface area (Å²) in [6.07, 6.45) is -5.97. The second kappa shape index (κ2) is 6.15. The molecule has 0 bridgehead atoms. The Balaban J connectivity index is 5.62. The smallest absolute Gasteiger partial charge is 0.456 e. The molecule has 0 aromatic rings. The molecule has 0 unspecified atom stereocenters. The molecule has 0 aliphatic rings. The molecule has 0 radical (unpaired) electrons. The van der Waals surface area contributed by atoms with Crippen molar-refractivity contribution in [2.45, 2.75) is 36.8 Å². The summed E-state index contributed by atoms with van der Waals surface area (Å²) in [6, 6.07) is 0. The van der Waals surface area contributed by atoms with Gasteiger partial charge < -0.3 is 4.74 Å². The van der Waals surface area contributed by atoms with Gasteiger partial charge >= 0.3 is 35.8 Å². The fourth-order valence-corrected chi connectivity index (χ4v) is 1.04. The van der Waals surface area contributed by atoms with Gasteiger partial charge in [-0.05, 0) is 6.92 Å². The average Bonchev–Trinajstić information content (AvgIpc) is 2.34. The first-order chi connectivity index (χ1) is 9.95. The topological polar surface area (TPSA) is 26.3 Å². The van der Waals surface area contributed by atoms with E-state index >= 15 is 0 Å². The van der Waals surface area contributed by atoms with Gasteiger partial charge in [-0.1, -0.05) is 6.08 Å². The zero-order valence-electron chi connectivity index (χ0n) is 10.8. The third-order valence-corrected chi connectivity index (χ3v) is 2.30. The largest absolute Gasteiger partial charge is 0.460 e. The van der Waals surface area contributed by atoms with Crippen molar-refractivity contribution in [1.29, 1.82) is 0 Å². The maximum Gasteiger partial charge on any atom is 0.460 e. The molecular weight excluding hydrogens is 361 g/mol. The van der Waals surface area contributed by atoms with Crippen LogP contribution < -0.4 is 0 Å². The highest BCUT2D eigenvalue weighted by molar-refractivity contribution is 5.81. The summed E-state index contributed by atoms with van der Waals surface area (Å²) < 4.78 is 141. The van der Waals surface area contributed by atoms with Gasteiger partial charge in [-0.3, -0.25) is 0 Å². The molecule has 0 fully saturated rings. The first kappa shape index (κ1) is 21.4. The Morgan fingerprint density at radius 1 is 0.826 bits per heavy atom. The molecule has 0 aromatic carbocycles. The molecule has 0 atom stereocenters. The highest BCUT2D eigenvalue weighted by Crippen LogP contribution is 2.57. The molecular formula is C10H7F11O2. The van der Waals surface area contributed by atoms with E-state index in [2.05, 4.69) is 4.74 Å². The second-order valence-electron chi connectivity index (χ2n) is 4.03. The monoisotopic (exact) mass is 368 g/mol. The highest BCUT2D eigenvalue weighted by Gasteiger charge is 2.87. The Labute approximate surface area is 120 Å². The predicted molar refractivity (Wildman–Crippen MR) is 51.6 cm³/mol. The number of carbonyl (C=O) groups is 1. The number of hydrogen-bond acceptors (Lipinski definition) is 2. The molecule has 0 saturated heterocycles. The van der Waals surface area contributed by atoms with Crippen molar-refractivity contribution in [3.05, 3.63) is 12.2 Å². The van der Waals surface area contributed by atoms with Crippen LogP contribution in [0.3, 0.4) is 0 Å². The van der Waals surface area contributed by atoms with Crippen molar-refractivity contribution in [1.82, 2.24) is 0 Å². The van der Waals surface area contributed by atoms with Gasteiger partial charge in [0.05, 0.1) is 0 Å². The number of alkyl halides is 11. The molecule has 13 heteroatoms. The van der Waals surface area contributed by atoms with Crippen molar-refractivity contribution in [3.63, 3.8) is 0 Å². The Morgan fingerprint density at radius 3 is 1.61 bits per heavy atom. The molecule has 23 heavy (non-hydrogen) atoms. The van der Waals surface area contributed by atoms with Crippen molar-refractivity contribution in [2.75, 3.05) is 6.61 Å². The summed E-state index contributed by atoms with van der Waals surface area (Å²) in [5.41, 5.74) is 0. The van der Waals surface area contributed by atoms with Gasteiger partial charge in [0.25, 0.3) is 0 Å². The lowest BCUT2D eigenvalue weighted by Gasteiger charge is -2.36. The number of rotatable bonds is 6. The first-order valence-corrected chi connectivity index (χ1v) is 5.33. The molecule has 0 saturated carbocycles. The summed E-state index contributed by atoms with van der Waals surface area (Å²) in [6.45, 7) is -1.70. The lowest BCUT2D eigenvalue weighted by Crippen LogP contribution is -2.67. The lowest BCUT2D eigenvalue weighted by atomic mass is 9.98. The standard InChI is InChI=1S/C10H7F11O2/c1-2-3-5(22)23-4-6(11,12)7(13,14)8(15,16)9(17,18)10(19,20)21/h2-3H,4H2,1H3. The SMILES string of the molecule is CC=CC(=O)OCC(F)(F)C(F)(F)C(F)(F)C(F)(F)C(F)(F)F. The number of ether oxygens (including phenoxy) is 1. The molecule has 0 amide bonds. The van der Waals surface area contributed by atoms with Crippen LogP contribution in [0.1, 0.15) is 6.92 Å². The fraction of sp³-hybridized carbons (Fsp3) is 0.700. The van der Waals surface area contributed by atoms with Gasteiger partial charge in [0.15, 0.2) is 6.61 Å². The quantitative estimate of drug-likeness (QED) is 0.399. The lowest BCUT2D eigenvalue weighted by molar-refractivity contribution is -0.423. The van der Waals surface area contributed by atoms with Gasteiger partial charge in [-0.15, -0.1) is 0 Å². The molecule has 0 rings (SSSR count). The van der Waals surface area contributed by atoms with E-state index in [4.69, 9.17) is 0 Å². The van der Waals surface area contributed by atoms with Crippen molar-refractivity contribution in [2.24, 2.45) is 0 Å². The summed E-state index contributed by atoms with van der Waals surface area (Å²) in [4.78, 5) is 10.6. The zero-order valence-corrected chi connectivity index (χ0v) is 10.8. The first-order valence-electron chi connectivity index (χ1n) is 5.33. The van der Waals surface area contributed by atoms with Gasteiger partial charge in [0.2, 0.25) is 0 Å². The van der Waals surface area contributed by atoms with Gasteiger partial charge in [0.1, 0.15) is 0 Å². The van der Waals surface area contributed by atoms with E-state index in [1.165, 1.54) is 0 Å². The van der Waals surface area contributed by atoms with Gasteiger partial charge in [-0.25, -0.2) is 4.79 Å². The maximum absolute atomic E-state index is 13.0. The van der Waals surface area contributed by atoms with E-state index in [1.54, 1.807) is 0 Å². The minimum absolute atomic E-state index is 0.386. The average molecular weight is 368 g/mol. The Hall–Kier alpha value is -1.56. The van der Waals surface area contributed by atoms with Crippen LogP contribution in [0, 0.1) is 0 Å². The van der Waals surface area contributed by atoms with Crippen LogP contribution in [0.25, 0.3) is 0 Å². The van der Waals surface area contributed by atoms with E-state index in [1.807, 2.05) is 0 Å². The number of hydrogen-bond donors (Lipinski definition) is 0. The number of carbonyl (C=O) groups excluding carboxylic acids is 1. The number of esters is 1. The highest BCUT2D eigenvalue weighted by atomic mass is 19.4. The normalized spacial score (nSPS) is 15.1. The van der Waals surface area contributed by atoms with Crippen LogP contribution in [-0.4, -0.2) is 42.4 Å². The molecule has 0 aliphatic heterocycles. The van der Waals surface area contributed by atoms with Crippen molar-refractivity contribution in [3.8, 4) is 0 Å². The van der Waals surface area contributed by atoms with E-state index in [0.29, 0.717) is 6.08 Å². The van der Waals surface area contributed by atoms with E-state index < -0.39 is 42.4 Å². The molecule has 0 N–H and O–H groups in total. The summed E-state index contributed by atoms with van der Waals surface area (Å²) in [5, 5.41) is 0. The molecule has 136 valence electrons. The van der Waals surface area contributed by atoms with Gasteiger partial charge in [-0.2, -0.15) is 48.3 Å². The van der Waals surface area contributed by atoms with Crippen LogP contribution in [0.15, 0.2) is 12.2 Å². The third-order valence-electron chi connectivity index (χ3n) is 2.30. The van der Waals surface area contributed by atoms with Crippen LogP contribution in [-0.2, 0) is 9.53 Å². The molecule has 0 heterocycles. The maximum atomic E-state index is 13.0. The Bertz CT molecular complexity index is 464. The molecule has 0 aromatic heterocycles. The Kier molecular flexibility index (Phi) is 5.73.